The van der Waals surface area contributed by atoms with Crippen molar-refractivity contribution in [2.75, 3.05) is 0 Å². The van der Waals surface area contributed by atoms with E-state index < -0.39 is 5.25 Å². The van der Waals surface area contributed by atoms with Crippen LogP contribution in [0, 0.1) is 0 Å². The highest BCUT2D eigenvalue weighted by Gasteiger charge is 2.35. The molecule has 9 heteroatoms. The molecule has 2 heterocycles. The number of fused-ring (bicyclic) bond motifs is 1. The first-order valence-electron chi connectivity index (χ1n) is 17.9. The molecule has 0 saturated heterocycles. The molecule has 1 aliphatic carbocycles. The number of carbonyl (C=O) groups excluding carboxylic acids is 1. The van der Waals surface area contributed by atoms with Crippen LogP contribution in [0.15, 0.2) is 59.8 Å². The van der Waals surface area contributed by atoms with Crippen LogP contribution in [0.3, 0.4) is 0 Å². The molecule has 0 bridgehead atoms. The van der Waals surface area contributed by atoms with Gasteiger partial charge in [-0.3, -0.25) is 9.36 Å². The maximum atomic E-state index is 13.5. The number of ketones is 1. The van der Waals surface area contributed by atoms with Crippen LogP contribution in [-0.4, -0.2) is 46.0 Å². The molecule has 1 aliphatic rings. The monoisotopic (exact) mass is 657 g/mol. The molecule has 0 spiro atoms. The first-order chi connectivity index (χ1) is 23.1. The molecule has 0 saturated carbocycles. The SMILES string of the molecule is CCCCCCCCCCCCCCCCCCc1cc(O)n(-c2cccc3c2CC(Sc2nnnn2-c2ccccc2)C3=O)c1O. The fraction of sp³-hybridized carbons (Fsp3) is 0.526. The highest BCUT2D eigenvalue weighted by Crippen LogP contribution is 2.40. The van der Waals surface area contributed by atoms with Crippen molar-refractivity contribution in [1.29, 1.82) is 0 Å². The van der Waals surface area contributed by atoms with Crippen LogP contribution in [0.1, 0.15) is 131 Å². The van der Waals surface area contributed by atoms with Crippen molar-refractivity contribution in [3.05, 3.63) is 71.3 Å². The van der Waals surface area contributed by atoms with E-state index in [0.717, 1.165) is 29.7 Å². The van der Waals surface area contributed by atoms with E-state index in [2.05, 4.69) is 22.4 Å². The van der Waals surface area contributed by atoms with Gasteiger partial charge in [-0.1, -0.05) is 145 Å². The van der Waals surface area contributed by atoms with Gasteiger partial charge in [-0.15, -0.1) is 5.10 Å². The van der Waals surface area contributed by atoms with E-state index in [1.165, 1.54) is 106 Å². The van der Waals surface area contributed by atoms with E-state index in [0.29, 0.717) is 29.2 Å². The minimum Gasteiger partial charge on any atom is -0.494 e. The number of benzene rings is 2. The summed E-state index contributed by atoms with van der Waals surface area (Å²) in [5.74, 6) is 0.0291. The van der Waals surface area contributed by atoms with E-state index in [1.807, 2.05) is 42.5 Å². The van der Waals surface area contributed by atoms with Gasteiger partial charge >= 0.3 is 0 Å². The Morgan fingerprint density at radius 2 is 1.40 bits per heavy atom. The normalized spacial score (nSPS) is 14.2. The molecule has 2 aromatic carbocycles. The minimum absolute atomic E-state index is 0.00557. The summed E-state index contributed by atoms with van der Waals surface area (Å²) in [4.78, 5) is 13.5. The molecule has 0 fully saturated rings. The van der Waals surface area contributed by atoms with Gasteiger partial charge < -0.3 is 10.2 Å². The topological polar surface area (TPSA) is 106 Å². The molecule has 1 unspecified atom stereocenters. The quantitative estimate of drug-likeness (QED) is 0.0860. The number of nitrogens with zero attached hydrogens (tertiary/aromatic N) is 5. The predicted molar refractivity (Wildman–Crippen MR) is 189 cm³/mol. The maximum Gasteiger partial charge on any atom is 0.214 e. The maximum absolute atomic E-state index is 13.5. The van der Waals surface area contributed by atoms with Crippen LogP contribution in [-0.2, 0) is 12.8 Å². The molecule has 5 rings (SSSR count). The highest BCUT2D eigenvalue weighted by molar-refractivity contribution is 8.00. The van der Waals surface area contributed by atoms with E-state index in [9.17, 15) is 15.0 Å². The summed E-state index contributed by atoms with van der Waals surface area (Å²) >= 11 is 1.33. The number of aromatic nitrogens is 5. The molecule has 0 aliphatic heterocycles. The molecular formula is C38H51N5O3S. The number of carbonyl (C=O) groups is 1. The van der Waals surface area contributed by atoms with Gasteiger partial charge in [-0.25, -0.2) is 0 Å². The molecule has 0 radical (unpaired) electrons. The molecule has 252 valence electrons. The van der Waals surface area contributed by atoms with Crippen LogP contribution >= 0.6 is 11.8 Å². The zero-order chi connectivity index (χ0) is 32.8. The van der Waals surface area contributed by atoms with Gasteiger partial charge in [0.25, 0.3) is 0 Å². The van der Waals surface area contributed by atoms with Crippen molar-refractivity contribution >= 4 is 17.5 Å². The molecule has 47 heavy (non-hydrogen) atoms. The second-order valence-corrected chi connectivity index (χ2v) is 14.1. The number of unbranched alkanes of at least 4 members (excludes halogenated alkanes) is 15. The Labute approximate surface area is 284 Å². The van der Waals surface area contributed by atoms with Crippen LogP contribution in [0.25, 0.3) is 11.4 Å². The van der Waals surface area contributed by atoms with E-state index >= 15 is 0 Å². The summed E-state index contributed by atoms with van der Waals surface area (Å²) in [6.45, 7) is 2.28. The summed E-state index contributed by atoms with van der Waals surface area (Å²) in [5.41, 5.74) is 3.61. The molecule has 4 aromatic rings. The van der Waals surface area contributed by atoms with Crippen LogP contribution in [0.5, 0.6) is 11.8 Å². The third-order valence-electron chi connectivity index (χ3n) is 9.36. The second kappa shape index (κ2) is 18.1. The number of rotatable bonds is 21. The second-order valence-electron chi connectivity index (χ2n) is 12.9. The zero-order valence-corrected chi connectivity index (χ0v) is 28.8. The number of Topliss-reactive ketones (excluding diaryl/α,β-unsaturated/α-hetero) is 1. The standard InChI is InChI=1S/C38H51N5O3S/c1-2-3-4-5-6-7-8-9-10-11-12-13-14-15-16-18-22-29-27-35(44)42(37(29)46)33-26-21-25-31-32(33)28-34(36(31)45)47-38-39-40-41-43(38)30-23-19-17-20-24-30/h17,19-21,23-27,34,44,46H,2-16,18,22,28H2,1H3. The number of hydrogen-bond donors (Lipinski definition) is 2. The third-order valence-corrected chi connectivity index (χ3v) is 10.5. The first-order valence-corrected chi connectivity index (χ1v) is 18.8. The Hall–Kier alpha value is -3.59. The molecule has 8 nitrogen and oxygen atoms in total. The largest absolute Gasteiger partial charge is 0.494 e. The Kier molecular flexibility index (Phi) is 13.4. The van der Waals surface area contributed by atoms with Crippen LogP contribution in [0.4, 0.5) is 0 Å². The number of aryl methyl sites for hydroxylation is 1. The molecule has 1 atom stereocenters. The van der Waals surface area contributed by atoms with Gasteiger partial charge in [0.15, 0.2) is 11.7 Å². The molecular weight excluding hydrogens is 607 g/mol. The summed E-state index contributed by atoms with van der Waals surface area (Å²) in [7, 11) is 0. The smallest absolute Gasteiger partial charge is 0.214 e. The number of aromatic hydroxyl groups is 2. The number of para-hydroxylation sites is 1. The van der Waals surface area contributed by atoms with E-state index in [1.54, 1.807) is 16.8 Å². The van der Waals surface area contributed by atoms with Gasteiger partial charge in [0.1, 0.15) is 0 Å². The van der Waals surface area contributed by atoms with Crippen molar-refractivity contribution < 1.29 is 15.0 Å². The average molecular weight is 658 g/mol. The molecule has 2 aromatic heterocycles. The predicted octanol–water partition coefficient (Wildman–Crippen LogP) is 9.57. The van der Waals surface area contributed by atoms with Gasteiger partial charge in [0, 0.05) is 17.2 Å². The van der Waals surface area contributed by atoms with Gasteiger partial charge in [0.05, 0.1) is 16.6 Å². The minimum atomic E-state index is -0.413. The Morgan fingerprint density at radius 3 is 2.04 bits per heavy atom. The highest BCUT2D eigenvalue weighted by atomic mass is 32.2. The summed E-state index contributed by atoms with van der Waals surface area (Å²) < 4.78 is 3.12. The molecule has 0 amide bonds. The van der Waals surface area contributed by atoms with Gasteiger partial charge in [-0.05, 0) is 53.5 Å². The lowest BCUT2D eigenvalue weighted by Gasteiger charge is -2.12. The Bertz CT molecular complexity index is 1550. The van der Waals surface area contributed by atoms with Crippen molar-refractivity contribution in [2.45, 2.75) is 133 Å². The Morgan fingerprint density at radius 1 is 0.787 bits per heavy atom. The van der Waals surface area contributed by atoms with Crippen LogP contribution in [0.2, 0.25) is 0 Å². The zero-order valence-electron chi connectivity index (χ0n) is 27.9. The summed E-state index contributed by atoms with van der Waals surface area (Å²) in [6.07, 6.45) is 22.2. The molecule has 2 N–H and O–H groups in total. The lowest BCUT2D eigenvalue weighted by molar-refractivity contribution is 0.1000. The lowest BCUT2D eigenvalue weighted by atomic mass is 10.0. The van der Waals surface area contributed by atoms with Gasteiger partial charge in [0.2, 0.25) is 11.0 Å². The lowest BCUT2D eigenvalue weighted by Crippen LogP contribution is -2.13. The van der Waals surface area contributed by atoms with Crippen molar-refractivity contribution in [1.82, 2.24) is 24.8 Å². The Balaban J connectivity index is 1.06. The average Bonchev–Trinajstić information content (AvgIpc) is 3.76. The number of hydrogen-bond acceptors (Lipinski definition) is 7. The van der Waals surface area contributed by atoms with E-state index in [4.69, 9.17) is 0 Å². The first kappa shape index (κ1) is 34.7. The van der Waals surface area contributed by atoms with E-state index in [-0.39, 0.29) is 17.5 Å². The third kappa shape index (κ3) is 9.28. The summed E-state index contributed by atoms with van der Waals surface area (Å²) in [5, 5.41) is 34.4. The number of tetrazole rings is 1. The summed E-state index contributed by atoms with van der Waals surface area (Å²) in [6, 6.07) is 16.7. The van der Waals surface area contributed by atoms with Crippen molar-refractivity contribution in [2.24, 2.45) is 0 Å². The van der Waals surface area contributed by atoms with Crippen molar-refractivity contribution in [3.63, 3.8) is 0 Å². The fourth-order valence-corrected chi connectivity index (χ4v) is 7.77. The van der Waals surface area contributed by atoms with Crippen molar-refractivity contribution in [3.8, 4) is 23.1 Å². The van der Waals surface area contributed by atoms with Gasteiger partial charge in [-0.2, -0.15) is 4.68 Å². The van der Waals surface area contributed by atoms with Crippen LogP contribution < -0.4 is 0 Å². The number of thioether (sulfide) groups is 1. The fourth-order valence-electron chi connectivity index (χ4n) is 6.71.